The molecule has 2 atom stereocenters. The Kier molecular flexibility index (Phi) is 3.82. The normalized spacial score (nSPS) is 25.7. The van der Waals surface area contributed by atoms with Crippen LogP contribution in [-0.4, -0.2) is 66.6 Å². The SMILES string of the molecule is COc1cc(OC)c2c(c1)[C@H]1CN(C)C[C@]13C(=O)N(c1cccnc1)C(=O)N3C2. The summed E-state index contributed by atoms with van der Waals surface area (Å²) in [5.41, 5.74) is 1.49. The van der Waals surface area contributed by atoms with E-state index >= 15 is 0 Å². The second kappa shape index (κ2) is 6.18. The van der Waals surface area contributed by atoms with Crippen molar-refractivity contribution in [2.24, 2.45) is 0 Å². The topological polar surface area (TPSA) is 75.2 Å². The Morgan fingerprint density at radius 3 is 2.72 bits per heavy atom. The van der Waals surface area contributed by atoms with Crippen molar-refractivity contribution in [3.63, 3.8) is 0 Å². The van der Waals surface area contributed by atoms with E-state index in [1.54, 1.807) is 43.6 Å². The van der Waals surface area contributed by atoms with Crippen LogP contribution in [0, 0.1) is 0 Å². The highest BCUT2D eigenvalue weighted by molar-refractivity contribution is 6.24. The number of imide groups is 1. The highest BCUT2D eigenvalue weighted by atomic mass is 16.5. The third kappa shape index (κ3) is 2.26. The molecule has 0 radical (unpaired) electrons. The number of likely N-dealkylation sites (N-methyl/N-ethyl adjacent to an activating group) is 1. The van der Waals surface area contributed by atoms with E-state index in [9.17, 15) is 9.59 Å². The molecule has 8 nitrogen and oxygen atoms in total. The fraction of sp³-hybridized carbons (Fsp3) is 0.381. The molecular formula is C21H22N4O4. The first-order valence-electron chi connectivity index (χ1n) is 9.50. The number of ether oxygens (including phenoxy) is 2. The van der Waals surface area contributed by atoms with Gasteiger partial charge in [-0.05, 0) is 30.8 Å². The summed E-state index contributed by atoms with van der Waals surface area (Å²) in [5, 5.41) is 0. The zero-order valence-electron chi connectivity index (χ0n) is 16.6. The number of hydrogen-bond donors (Lipinski definition) is 0. The van der Waals surface area contributed by atoms with Crippen LogP contribution >= 0.6 is 0 Å². The van der Waals surface area contributed by atoms with Crippen molar-refractivity contribution in [1.29, 1.82) is 0 Å². The lowest BCUT2D eigenvalue weighted by molar-refractivity contribution is -0.125. The second-order valence-electron chi connectivity index (χ2n) is 7.79. The van der Waals surface area contributed by atoms with E-state index in [-0.39, 0.29) is 17.9 Å². The summed E-state index contributed by atoms with van der Waals surface area (Å²) in [5.74, 6) is 0.984. The van der Waals surface area contributed by atoms with Gasteiger partial charge in [0.2, 0.25) is 0 Å². The van der Waals surface area contributed by atoms with Gasteiger partial charge in [0.25, 0.3) is 5.91 Å². The van der Waals surface area contributed by atoms with E-state index in [1.165, 1.54) is 4.90 Å². The van der Waals surface area contributed by atoms with Crippen LogP contribution in [0.4, 0.5) is 10.5 Å². The number of methoxy groups -OCH3 is 2. The fourth-order valence-corrected chi connectivity index (χ4v) is 5.08. The number of amides is 3. The zero-order valence-corrected chi connectivity index (χ0v) is 16.6. The van der Waals surface area contributed by atoms with Crippen LogP contribution < -0.4 is 14.4 Å². The van der Waals surface area contributed by atoms with Crippen LogP contribution in [0.15, 0.2) is 36.7 Å². The number of benzene rings is 1. The molecule has 3 amide bonds. The van der Waals surface area contributed by atoms with Crippen LogP contribution in [0.3, 0.4) is 0 Å². The first-order valence-corrected chi connectivity index (χ1v) is 9.50. The molecule has 0 N–H and O–H groups in total. The van der Waals surface area contributed by atoms with E-state index < -0.39 is 5.54 Å². The Morgan fingerprint density at radius 2 is 2.03 bits per heavy atom. The van der Waals surface area contributed by atoms with E-state index in [4.69, 9.17) is 9.47 Å². The van der Waals surface area contributed by atoms with Crippen molar-refractivity contribution in [3.8, 4) is 11.5 Å². The number of carbonyl (C=O) groups is 2. The number of hydrogen-bond acceptors (Lipinski definition) is 6. The Hall–Kier alpha value is -3.13. The van der Waals surface area contributed by atoms with Gasteiger partial charge in [0.1, 0.15) is 17.0 Å². The highest BCUT2D eigenvalue weighted by Crippen LogP contribution is 2.53. The minimum Gasteiger partial charge on any atom is -0.497 e. The summed E-state index contributed by atoms with van der Waals surface area (Å²) >= 11 is 0. The van der Waals surface area contributed by atoms with Crippen molar-refractivity contribution in [3.05, 3.63) is 47.8 Å². The molecule has 2 fully saturated rings. The van der Waals surface area contributed by atoms with Crippen molar-refractivity contribution >= 4 is 17.6 Å². The number of aromatic nitrogens is 1. The molecule has 0 saturated carbocycles. The third-order valence-corrected chi connectivity index (χ3v) is 6.33. The summed E-state index contributed by atoms with van der Waals surface area (Å²) < 4.78 is 11.1. The van der Waals surface area contributed by atoms with Crippen LogP contribution in [0.5, 0.6) is 11.5 Å². The van der Waals surface area contributed by atoms with Crippen LogP contribution in [0.2, 0.25) is 0 Å². The molecule has 3 aliphatic rings. The summed E-state index contributed by atoms with van der Waals surface area (Å²) in [6, 6.07) is 6.96. The lowest BCUT2D eigenvalue weighted by Gasteiger charge is -2.42. The molecule has 0 unspecified atom stereocenters. The Balaban J connectivity index is 1.71. The third-order valence-electron chi connectivity index (χ3n) is 6.33. The molecule has 150 valence electrons. The van der Waals surface area contributed by atoms with E-state index in [2.05, 4.69) is 9.88 Å². The van der Waals surface area contributed by atoms with Gasteiger partial charge < -0.3 is 19.3 Å². The number of nitrogens with zero attached hydrogens (tertiary/aromatic N) is 4. The predicted octanol–water partition coefficient (Wildman–Crippen LogP) is 1.85. The minimum absolute atomic E-state index is 0.168. The van der Waals surface area contributed by atoms with Crippen molar-refractivity contribution in [2.45, 2.75) is 18.0 Å². The monoisotopic (exact) mass is 394 g/mol. The number of urea groups is 1. The Bertz CT molecular complexity index is 1010. The van der Waals surface area contributed by atoms with Crippen molar-refractivity contribution in [1.82, 2.24) is 14.8 Å². The highest BCUT2D eigenvalue weighted by Gasteiger charge is 2.67. The molecule has 3 aliphatic heterocycles. The van der Waals surface area contributed by atoms with Gasteiger partial charge in [-0.1, -0.05) is 0 Å². The van der Waals surface area contributed by atoms with Gasteiger partial charge in [0, 0.05) is 36.8 Å². The first kappa shape index (κ1) is 17.9. The number of pyridine rings is 1. The molecule has 0 aliphatic carbocycles. The molecule has 1 aromatic heterocycles. The largest absolute Gasteiger partial charge is 0.497 e. The van der Waals surface area contributed by atoms with E-state index in [0.717, 1.165) is 11.1 Å². The summed E-state index contributed by atoms with van der Waals surface area (Å²) in [6.45, 7) is 1.46. The number of rotatable bonds is 3. The van der Waals surface area contributed by atoms with Gasteiger partial charge in [-0.25, -0.2) is 9.69 Å². The number of fused-ring (bicyclic) bond motifs is 2. The average molecular weight is 394 g/mol. The second-order valence-corrected chi connectivity index (χ2v) is 7.79. The number of carbonyl (C=O) groups excluding carboxylic acids is 2. The quantitative estimate of drug-likeness (QED) is 0.740. The summed E-state index contributed by atoms with van der Waals surface area (Å²) in [6.07, 6.45) is 3.18. The van der Waals surface area contributed by atoms with Gasteiger partial charge in [-0.3, -0.25) is 9.78 Å². The molecule has 4 heterocycles. The summed E-state index contributed by atoms with van der Waals surface area (Å²) in [4.78, 5) is 36.4. The molecule has 1 spiro atoms. The first-order chi connectivity index (χ1) is 14.0. The standard InChI is InChI=1S/C21H22N4O4/c1-23-11-17-15-7-14(28-2)8-18(29-3)16(15)10-24-20(27)25(13-5-4-6-22-9-13)19(26)21(17,24)12-23/h4-9,17H,10-12H2,1-3H3/t17-,21-/m1/s1. The van der Waals surface area contributed by atoms with Gasteiger partial charge in [-0.2, -0.15) is 0 Å². The molecule has 8 heteroatoms. The molecular weight excluding hydrogens is 372 g/mol. The lowest BCUT2D eigenvalue weighted by Crippen LogP contribution is -2.57. The minimum atomic E-state index is -0.938. The number of anilines is 1. The lowest BCUT2D eigenvalue weighted by atomic mass is 9.75. The molecule has 2 saturated heterocycles. The van der Waals surface area contributed by atoms with Crippen LogP contribution in [-0.2, 0) is 11.3 Å². The molecule has 0 bridgehead atoms. The van der Waals surface area contributed by atoms with Crippen molar-refractivity contribution < 1.29 is 19.1 Å². The van der Waals surface area contributed by atoms with Gasteiger partial charge in [0.05, 0.1) is 32.6 Å². The zero-order chi connectivity index (χ0) is 20.3. The van der Waals surface area contributed by atoms with Crippen LogP contribution in [0.25, 0.3) is 0 Å². The molecule has 1 aromatic carbocycles. The number of likely N-dealkylation sites (tertiary alicyclic amines) is 1. The molecule has 29 heavy (non-hydrogen) atoms. The Morgan fingerprint density at radius 1 is 1.21 bits per heavy atom. The van der Waals surface area contributed by atoms with E-state index in [1.807, 2.05) is 19.2 Å². The van der Waals surface area contributed by atoms with Crippen LogP contribution in [0.1, 0.15) is 17.0 Å². The Labute approximate surface area is 168 Å². The maximum atomic E-state index is 13.8. The smallest absolute Gasteiger partial charge is 0.332 e. The molecule has 2 aromatic rings. The van der Waals surface area contributed by atoms with Crippen molar-refractivity contribution in [2.75, 3.05) is 39.3 Å². The fourth-order valence-electron chi connectivity index (χ4n) is 5.08. The summed E-state index contributed by atoms with van der Waals surface area (Å²) in [7, 11) is 5.20. The average Bonchev–Trinajstić information content (AvgIpc) is 3.20. The predicted molar refractivity (Wildman–Crippen MR) is 105 cm³/mol. The van der Waals surface area contributed by atoms with Gasteiger partial charge >= 0.3 is 6.03 Å². The maximum absolute atomic E-state index is 13.8. The maximum Gasteiger partial charge on any atom is 0.332 e. The van der Waals surface area contributed by atoms with E-state index in [0.29, 0.717) is 36.8 Å². The van der Waals surface area contributed by atoms with Gasteiger partial charge in [0.15, 0.2) is 0 Å². The molecule has 5 rings (SSSR count). The van der Waals surface area contributed by atoms with Gasteiger partial charge in [-0.15, -0.1) is 0 Å².